The lowest BCUT2D eigenvalue weighted by Crippen LogP contribution is -2.51. The lowest BCUT2D eigenvalue weighted by Gasteiger charge is -2.35. The highest BCUT2D eigenvalue weighted by atomic mass is 32.1. The second-order valence-electron chi connectivity index (χ2n) is 9.55. The smallest absolute Gasteiger partial charge is 0.263 e. The number of thiophene rings is 1. The van der Waals surface area contributed by atoms with Gasteiger partial charge in [0.25, 0.3) is 5.91 Å². The molecule has 36 heavy (non-hydrogen) atoms. The number of rotatable bonds is 7. The van der Waals surface area contributed by atoms with Gasteiger partial charge in [-0.1, -0.05) is 11.2 Å². The van der Waals surface area contributed by atoms with E-state index in [9.17, 15) is 4.79 Å². The Balaban J connectivity index is 1.18. The van der Waals surface area contributed by atoms with Crippen molar-refractivity contribution < 1.29 is 9.42 Å². The van der Waals surface area contributed by atoms with Gasteiger partial charge in [-0.05, 0) is 61.2 Å². The molecule has 9 nitrogen and oxygen atoms in total. The van der Waals surface area contributed by atoms with Gasteiger partial charge in [0.15, 0.2) is 0 Å². The van der Waals surface area contributed by atoms with Gasteiger partial charge in [-0.25, -0.2) is 9.61 Å². The van der Waals surface area contributed by atoms with Crippen molar-refractivity contribution in [2.24, 2.45) is 0 Å². The molecule has 4 aromatic rings. The number of nitrogens with one attached hydrogen (secondary N) is 3. The van der Waals surface area contributed by atoms with Crippen molar-refractivity contribution in [1.82, 2.24) is 25.9 Å². The Morgan fingerprint density at radius 1 is 1.22 bits per heavy atom. The van der Waals surface area contributed by atoms with Crippen LogP contribution in [0.25, 0.3) is 21.5 Å². The molecule has 2 bridgehead atoms. The second-order valence-corrected chi connectivity index (χ2v) is 10.6. The fourth-order valence-electron chi connectivity index (χ4n) is 5.38. The highest BCUT2D eigenvalue weighted by Crippen LogP contribution is 2.35. The first-order valence-electron chi connectivity index (χ1n) is 12.4. The van der Waals surface area contributed by atoms with E-state index in [4.69, 9.17) is 4.63 Å². The number of pyridine rings is 1. The molecule has 2 fully saturated rings. The van der Waals surface area contributed by atoms with Crippen LogP contribution in [-0.2, 0) is 6.42 Å². The molecule has 10 heteroatoms. The zero-order valence-electron chi connectivity index (χ0n) is 20.4. The van der Waals surface area contributed by atoms with Gasteiger partial charge in [0.1, 0.15) is 15.4 Å². The summed E-state index contributed by atoms with van der Waals surface area (Å²) in [4.78, 5) is 21.6. The zero-order valence-corrected chi connectivity index (χ0v) is 21.2. The Bertz CT molecular complexity index is 1390. The van der Waals surface area contributed by atoms with Crippen LogP contribution in [0.5, 0.6) is 0 Å². The molecule has 0 radical (unpaired) electrons. The summed E-state index contributed by atoms with van der Waals surface area (Å²) in [6.45, 7) is 4.46. The number of amides is 1. The molecule has 2 aliphatic rings. The Morgan fingerprint density at radius 3 is 2.81 bits per heavy atom. The number of aromatic nitrogens is 3. The summed E-state index contributed by atoms with van der Waals surface area (Å²) < 4.78 is 4.92. The SMILES string of the molecule is CNc1c(C(=O)NCCc2ccc(N3CC4CCC(C3)N4)c(-c3cnon3)c2)sc2nc(C)ccc12. The number of carbonyl (C=O) groups is 1. The predicted octanol–water partition coefficient (Wildman–Crippen LogP) is 3.61. The van der Waals surface area contributed by atoms with Gasteiger partial charge in [-0.15, -0.1) is 11.3 Å². The topological polar surface area (TPSA) is 108 Å². The first kappa shape index (κ1) is 22.9. The average molecular weight is 504 g/mol. The number of hydrogen-bond acceptors (Lipinski definition) is 9. The molecular weight excluding hydrogens is 474 g/mol. The Kier molecular flexibility index (Phi) is 6.06. The number of anilines is 2. The number of piperazine rings is 1. The van der Waals surface area contributed by atoms with Crippen molar-refractivity contribution in [3.63, 3.8) is 0 Å². The molecule has 2 saturated heterocycles. The van der Waals surface area contributed by atoms with E-state index in [-0.39, 0.29) is 5.91 Å². The van der Waals surface area contributed by atoms with Gasteiger partial charge in [0.2, 0.25) is 0 Å². The van der Waals surface area contributed by atoms with Crippen molar-refractivity contribution in [3.05, 3.63) is 52.7 Å². The molecule has 6 rings (SSSR count). The summed E-state index contributed by atoms with van der Waals surface area (Å²) in [7, 11) is 1.84. The molecular formula is C26H29N7O2S. The van der Waals surface area contributed by atoms with Gasteiger partial charge in [-0.3, -0.25) is 4.79 Å². The zero-order chi connectivity index (χ0) is 24.6. The number of aryl methyl sites for hydroxylation is 1. The van der Waals surface area contributed by atoms with E-state index in [1.807, 2.05) is 26.1 Å². The first-order valence-corrected chi connectivity index (χ1v) is 13.2. The summed E-state index contributed by atoms with van der Waals surface area (Å²) in [6, 6.07) is 11.5. The molecule has 2 atom stereocenters. The van der Waals surface area contributed by atoms with Crippen molar-refractivity contribution >= 4 is 38.8 Å². The van der Waals surface area contributed by atoms with Crippen LogP contribution in [0, 0.1) is 6.92 Å². The maximum absolute atomic E-state index is 13.0. The summed E-state index contributed by atoms with van der Waals surface area (Å²) in [6.07, 6.45) is 4.82. The molecule has 1 amide bonds. The van der Waals surface area contributed by atoms with Crippen LogP contribution in [0.3, 0.4) is 0 Å². The van der Waals surface area contributed by atoms with Crippen LogP contribution in [0.1, 0.15) is 33.8 Å². The van der Waals surface area contributed by atoms with Crippen LogP contribution in [0.15, 0.2) is 41.2 Å². The molecule has 186 valence electrons. The number of nitrogens with zero attached hydrogens (tertiary/aromatic N) is 4. The standard InChI is InChI=1S/C26H29N7O2S/c1-15-3-7-19-23(27-2)24(36-26(19)30-15)25(34)28-10-9-16-4-8-22(20(11-16)21-12-29-35-32-21)33-13-17-5-6-18(14-33)31-17/h3-4,7-8,11-12,17-18,27,31H,5-6,9-10,13-14H2,1-2H3,(H,28,34). The highest BCUT2D eigenvalue weighted by molar-refractivity contribution is 7.21. The summed E-state index contributed by atoms with van der Waals surface area (Å²) in [5.41, 5.74) is 5.79. The fraction of sp³-hybridized carbons (Fsp3) is 0.385. The normalized spacial score (nSPS) is 19.1. The third-order valence-corrected chi connectivity index (χ3v) is 8.20. The van der Waals surface area contributed by atoms with E-state index in [1.54, 1.807) is 6.20 Å². The largest absolute Gasteiger partial charge is 0.386 e. The predicted molar refractivity (Wildman–Crippen MR) is 142 cm³/mol. The minimum atomic E-state index is -0.0890. The van der Waals surface area contributed by atoms with Gasteiger partial charge >= 0.3 is 0 Å². The average Bonchev–Trinajstić information content (AvgIpc) is 3.62. The van der Waals surface area contributed by atoms with Crippen molar-refractivity contribution in [2.45, 2.75) is 38.3 Å². The van der Waals surface area contributed by atoms with Crippen molar-refractivity contribution in [2.75, 3.05) is 36.9 Å². The maximum atomic E-state index is 13.0. The van der Waals surface area contributed by atoms with E-state index < -0.39 is 0 Å². The van der Waals surface area contributed by atoms with Gasteiger partial charge in [-0.2, -0.15) is 0 Å². The van der Waals surface area contributed by atoms with Crippen LogP contribution >= 0.6 is 11.3 Å². The van der Waals surface area contributed by atoms with Crippen LogP contribution in [-0.4, -0.2) is 60.0 Å². The molecule has 0 aliphatic carbocycles. The molecule has 2 aliphatic heterocycles. The van der Waals surface area contributed by atoms with Crippen molar-refractivity contribution in [1.29, 1.82) is 0 Å². The Labute approximate surface area is 213 Å². The number of benzene rings is 1. The first-order chi connectivity index (χ1) is 17.6. The van der Waals surface area contributed by atoms with Crippen LogP contribution < -0.4 is 20.9 Å². The van der Waals surface area contributed by atoms with E-state index in [0.29, 0.717) is 29.9 Å². The molecule has 0 spiro atoms. The number of fused-ring (bicyclic) bond motifs is 3. The highest BCUT2D eigenvalue weighted by Gasteiger charge is 2.33. The molecule has 3 N–H and O–H groups in total. The quantitative estimate of drug-likeness (QED) is 0.351. The number of hydrogen-bond donors (Lipinski definition) is 3. The minimum Gasteiger partial charge on any atom is -0.386 e. The van der Waals surface area contributed by atoms with Crippen LogP contribution in [0.4, 0.5) is 11.4 Å². The van der Waals surface area contributed by atoms with Gasteiger partial charge in [0.05, 0.1) is 11.9 Å². The lowest BCUT2D eigenvalue weighted by atomic mass is 10.0. The van der Waals surface area contributed by atoms with Crippen molar-refractivity contribution in [3.8, 4) is 11.3 Å². The number of carbonyl (C=O) groups excluding carboxylic acids is 1. The molecule has 5 heterocycles. The van der Waals surface area contributed by atoms with E-state index in [2.05, 4.69) is 54.3 Å². The van der Waals surface area contributed by atoms with E-state index in [0.717, 1.165) is 57.2 Å². The minimum absolute atomic E-state index is 0.0890. The Hall–Kier alpha value is -3.50. The Morgan fingerprint density at radius 2 is 2.06 bits per heavy atom. The second kappa shape index (κ2) is 9.51. The third kappa shape index (κ3) is 4.31. The monoisotopic (exact) mass is 503 g/mol. The fourth-order valence-corrected chi connectivity index (χ4v) is 6.52. The van der Waals surface area contributed by atoms with Gasteiger partial charge < -0.3 is 20.9 Å². The van der Waals surface area contributed by atoms with E-state index in [1.165, 1.54) is 24.2 Å². The molecule has 1 aromatic carbocycles. The molecule has 0 saturated carbocycles. The summed E-state index contributed by atoms with van der Waals surface area (Å²) >= 11 is 1.42. The summed E-state index contributed by atoms with van der Waals surface area (Å²) in [5.74, 6) is -0.0890. The maximum Gasteiger partial charge on any atom is 0.263 e. The van der Waals surface area contributed by atoms with E-state index >= 15 is 0 Å². The third-order valence-electron chi connectivity index (χ3n) is 7.11. The molecule has 2 unspecified atom stereocenters. The lowest BCUT2D eigenvalue weighted by molar-refractivity contribution is 0.0959. The van der Waals surface area contributed by atoms with Crippen LogP contribution in [0.2, 0.25) is 0 Å². The molecule has 3 aromatic heterocycles. The van der Waals surface area contributed by atoms with Gasteiger partial charge in [0, 0.05) is 61.1 Å². The summed E-state index contributed by atoms with van der Waals surface area (Å²) in [5, 5.41) is 18.9.